The van der Waals surface area contributed by atoms with E-state index >= 15 is 0 Å². The summed E-state index contributed by atoms with van der Waals surface area (Å²) in [6.07, 6.45) is 0. The Morgan fingerprint density at radius 3 is 1.36 bits per heavy atom. The Balaban J connectivity index is -0.0000000612. The average molecular weight is 232 g/mol. The van der Waals surface area contributed by atoms with Gasteiger partial charge in [-0.25, -0.2) is 0 Å². The molecule has 0 saturated heterocycles. The third kappa shape index (κ3) is 10.5. The molecule has 65 valence electrons. The van der Waals surface area contributed by atoms with Crippen LogP contribution in [0.1, 0.15) is 5.56 Å². The Bertz CT molecular complexity index is 144. The van der Waals surface area contributed by atoms with Gasteiger partial charge in [-0.1, -0.05) is 35.9 Å². The molecule has 0 aliphatic heterocycles. The lowest BCUT2D eigenvalue weighted by atomic mass is 10.2. The summed E-state index contributed by atoms with van der Waals surface area (Å²) in [4.78, 5) is 0. The number of hydrogen-bond donors (Lipinski definition) is 0. The van der Waals surface area contributed by atoms with Crippen LogP contribution in [0.15, 0.2) is 30.3 Å². The van der Waals surface area contributed by atoms with Gasteiger partial charge in [-0.3, -0.25) is 0 Å². The zero-order valence-electron chi connectivity index (χ0n) is 6.06. The van der Waals surface area contributed by atoms with Crippen LogP contribution >= 0.6 is 47.1 Å². The molecule has 0 atom stereocenters. The quantitative estimate of drug-likeness (QED) is 0.590. The molecule has 0 saturated carbocycles. The van der Waals surface area contributed by atoms with Crippen molar-refractivity contribution in [1.29, 1.82) is 0 Å². The first kappa shape index (κ1) is 22.5. The van der Waals surface area contributed by atoms with E-state index in [1.54, 1.807) is 0 Å². The highest BCUT2D eigenvalue weighted by Gasteiger charge is 1.72. The maximum absolute atomic E-state index is 2.08. The van der Waals surface area contributed by atoms with Gasteiger partial charge >= 0.3 is 0 Å². The molecule has 0 aromatic heterocycles. The van der Waals surface area contributed by atoms with Gasteiger partial charge in [-0.05, 0) is 6.92 Å². The van der Waals surface area contributed by atoms with Crippen molar-refractivity contribution in [2.75, 3.05) is 0 Å². The number of hydrogen-bond acceptors (Lipinski definition) is 0. The van der Waals surface area contributed by atoms with Gasteiger partial charge in [-0.2, -0.15) is 0 Å². The van der Waals surface area contributed by atoms with Crippen molar-refractivity contribution >= 4 is 47.1 Å². The molecule has 0 bridgehead atoms. The predicted molar refractivity (Wildman–Crippen MR) is 59.8 cm³/mol. The second kappa shape index (κ2) is 13.1. The summed E-state index contributed by atoms with van der Waals surface area (Å²) in [7, 11) is 0. The minimum atomic E-state index is 0. The van der Waals surface area contributed by atoms with E-state index in [1.165, 1.54) is 5.56 Å². The third-order valence-electron chi connectivity index (χ3n) is 0.940. The Labute approximate surface area is 90.0 Å². The van der Waals surface area contributed by atoms with Crippen LogP contribution in [0, 0.1) is 6.92 Å². The normalized spacial score (nSPS) is 5.55. The Hall–Kier alpha value is 0.520. The maximum atomic E-state index is 2.08. The largest absolute Gasteiger partial charge is 0.147 e. The van der Waals surface area contributed by atoms with Crippen molar-refractivity contribution in [1.82, 2.24) is 0 Å². The van der Waals surface area contributed by atoms with Crippen molar-refractivity contribution in [3.05, 3.63) is 35.9 Å². The maximum Gasteiger partial charge on any atom is 0 e. The molecule has 11 heavy (non-hydrogen) atoms. The summed E-state index contributed by atoms with van der Waals surface area (Å²) in [6.45, 7) is 2.08. The highest BCUT2D eigenvalue weighted by atomic mass is 35.5. The van der Waals surface area contributed by atoms with Crippen molar-refractivity contribution in [2.24, 2.45) is 0 Å². The third-order valence-corrected chi connectivity index (χ3v) is 0.940. The highest BCUT2D eigenvalue weighted by molar-refractivity contribution is 6.92. The summed E-state index contributed by atoms with van der Waals surface area (Å²) in [6, 6.07) is 10.3. The molecule has 3 radical (unpaired) electrons. The lowest BCUT2D eigenvalue weighted by Gasteiger charge is -1.82. The fourth-order valence-electron chi connectivity index (χ4n) is 0.534. The minimum absolute atomic E-state index is 0. The second-order valence-electron chi connectivity index (χ2n) is 1.65. The van der Waals surface area contributed by atoms with E-state index in [9.17, 15) is 0 Å². The number of aryl methyl sites for hydroxylation is 1. The van der Waals surface area contributed by atoms with Crippen LogP contribution in [0.2, 0.25) is 0 Å². The fraction of sp³-hybridized carbons (Fsp3) is 0.143. The molecular formula is C7H11Cl3P. The fourth-order valence-corrected chi connectivity index (χ4v) is 0.534. The lowest BCUT2D eigenvalue weighted by molar-refractivity contribution is 1.48. The first-order valence-electron chi connectivity index (χ1n) is 2.41. The molecule has 1 rings (SSSR count). The molecule has 4 heteroatoms. The van der Waals surface area contributed by atoms with Crippen LogP contribution in [-0.2, 0) is 0 Å². The van der Waals surface area contributed by atoms with Crippen LogP contribution in [0.3, 0.4) is 0 Å². The zero-order valence-corrected chi connectivity index (χ0v) is 9.40. The number of rotatable bonds is 0. The van der Waals surface area contributed by atoms with Crippen molar-refractivity contribution in [2.45, 2.75) is 6.92 Å². The molecule has 1 aromatic carbocycles. The summed E-state index contributed by atoms with van der Waals surface area (Å²) >= 11 is 0. The topological polar surface area (TPSA) is 0 Å². The van der Waals surface area contributed by atoms with Gasteiger partial charge in [0.05, 0.1) is 0 Å². The van der Waals surface area contributed by atoms with E-state index in [0.717, 1.165) is 0 Å². The van der Waals surface area contributed by atoms with Gasteiger partial charge in [0, 0.05) is 9.90 Å². The average Bonchev–Trinajstić information content (AvgIpc) is 1.69. The van der Waals surface area contributed by atoms with Gasteiger partial charge in [-0.15, -0.1) is 37.2 Å². The number of benzene rings is 1. The van der Waals surface area contributed by atoms with Crippen LogP contribution in [0.4, 0.5) is 0 Å². The van der Waals surface area contributed by atoms with Crippen LogP contribution in [-0.4, -0.2) is 0 Å². The highest BCUT2D eigenvalue weighted by Crippen LogP contribution is 1.92. The molecule has 0 aliphatic rings. The molecular weight excluding hydrogens is 221 g/mol. The molecule has 0 spiro atoms. The molecule has 0 N–H and O–H groups in total. The first-order chi connectivity index (χ1) is 3.39. The van der Waals surface area contributed by atoms with Crippen molar-refractivity contribution in [3.63, 3.8) is 0 Å². The first-order valence-corrected chi connectivity index (χ1v) is 2.41. The molecule has 1 aromatic rings. The Morgan fingerprint density at radius 1 is 0.818 bits per heavy atom. The van der Waals surface area contributed by atoms with E-state index in [0.29, 0.717) is 0 Å². The van der Waals surface area contributed by atoms with E-state index in [-0.39, 0.29) is 47.1 Å². The monoisotopic (exact) mass is 231 g/mol. The van der Waals surface area contributed by atoms with E-state index in [1.807, 2.05) is 18.2 Å². The molecule has 0 aliphatic carbocycles. The van der Waals surface area contributed by atoms with Crippen LogP contribution in [0.5, 0.6) is 0 Å². The zero-order chi connectivity index (χ0) is 5.11. The van der Waals surface area contributed by atoms with Gasteiger partial charge in [0.1, 0.15) is 0 Å². The van der Waals surface area contributed by atoms with Gasteiger partial charge in [0.25, 0.3) is 0 Å². The minimum Gasteiger partial charge on any atom is -0.147 e. The van der Waals surface area contributed by atoms with Crippen molar-refractivity contribution < 1.29 is 0 Å². The number of halogens is 3. The molecule has 0 fully saturated rings. The van der Waals surface area contributed by atoms with E-state index < -0.39 is 0 Å². The van der Waals surface area contributed by atoms with E-state index in [2.05, 4.69) is 19.1 Å². The SMILES string of the molecule is Cc1ccccc1.Cl.Cl.Cl.[P]. The molecule has 0 amide bonds. The summed E-state index contributed by atoms with van der Waals surface area (Å²) < 4.78 is 0. The van der Waals surface area contributed by atoms with Gasteiger partial charge in [0.2, 0.25) is 0 Å². The van der Waals surface area contributed by atoms with Crippen molar-refractivity contribution in [3.8, 4) is 0 Å². The Kier molecular flexibility index (Phi) is 26.9. The molecule has 0 nitrogen and oxygen atoms in total. The standard InChI is InChI=1S/C7H8.3ClH.P/c1-7-5-3-2-4-6-7;;;;/h2-6H,1H3;3*1H;. The molecule has 0 heterocycles. The summed E-state index contributed by atoms with van der Waals surface area (Å²) in [5.74, 6) is 0. The molecule has 0 unspecified atom stereocenters. The van der Waals surface area contributed by atoms with Gasteiger partial charge < -0.3 is 0 Å². The summed E-state index contributed by atoms with van der Waals surface area (Å²) in [5, 5.41) is 0. The second-order valence-corrected chi connectivity index (χ2v) is 1.65. The lowest BCUT2D eigenvalue weighted by Crippen LogP contribution is -1.62. The Morgan fingerprint density at radius 2 is 1.18 bits per heavy atom. The predicted octanol–water partition coefficient (Wildman–Crippen LogP) is 4.12. The summed E-state index contributed by atoms with van der Waals surface area (Å²) in [5.41, 5.74) is 1.32. The van der Waals surface area contributed by atoms with Crippen LogP contribution in [0.25, 0.3) is 0 Å². The van der Waals surface area contributed by atoms with Crippen LogP contribution < -0.4 is 0 Å². The van der Waals surface area contributed by atoms with E-state index in [4.69, 9.17) is 0 Å². The van der Waals surface area contributed by atoms with Gasteiger partial charge in [0.15, 0.2) is 0 Å². The smallest absolute Gasteiger partial charge is 0 e.